The summed E-state index contributed by atoms with van der Waals surface area (Å²) in [4.78, 5) is 6.94. The molecule has 0 aromatic heterocycles. The molecule has 3 nitrogen and oxygen atoms in total. The zero-order chi connectivity index (χ0) is 25.2. The molecule has 0 saturated heterocycles. The average Bonchev–Trinajstić information content (AvgIpc) is 3.25. The maximum absolute atomic E-state index is 3.65. The zero-order valence-electron chi connectivity index (χ0n) is 22.6. The number of rotatable bonds is 13. The van der Waals surface area contributed by atoms with Gasteiger partial charge in [-0.1, -0.05) is 59.8 Å². The van der Waals surface area contributed by atoms with Crippen molar-refractivity contribution in [3.8, 4) is 0 Å². The van der Waals surface area contributed by atoms with Crippen molar-refractivity contribution < 1.29 is 24.4 Å². The van der Waals surface area contributed by atoms with Crippen molar-refractivity contribution in [1.29, 1.82) is 0 Å². The monoisotopic (exact) mass is 612 g/mol. The standard InChI is InChI=1S/3C7H15N.C7H9.Hf/c3*1-4-7-8(5-2)6-3;1-2-7-5-3-4-6-7;/h3*4H,1,5-7H2,2-3H3;3,5H,2,4H2,1H3;. The Morgan fingerprint density at radius 1 is 0.688 bits per heavy atom. The Labute approximate surface area is 217 Å². The molecule has 1 rings (SSSR count). The van der Waals surface area contributed by atoms with Gasteiger partial charge in [0.25, 0.3) is 0 Å². The van der Waals surface area contributed by atoms with Crippen LogP contribution in [0, 0.1) is 0 Å². The van der Waals surface area contributed by atoms with Crippen LogP contribution in [0.5, 0.6) is 0 Å². The minimum atomic E-state index is 1.02. The van der Waals surface area contributed by atoms with E-state index in [4.69, 9.17) is 0 Å². The van der Waals surface area contributed by atoms with E-state index in [0.29, 0.717) is 0 Å². The van der Waals surface area contributed by atoms with E-state index in [1.807, 2.05) is 18.2 Å². The van der Waals surface area contributed by atoms with Crippen molar-refractivity contribution in [3.05, 3.63) is 59.0 Å². The Bertz CT molecular complexity index is 442. The first-order valence-electron chi connectivity index (χ1n) is 12.5. The molecular weight excluding hydrogens is 557 g/mol. The quantitative estimate of drug-likeness (QED) is 0.170. The molecule has 1 aliphatic rings. The van der Waals surface area contributed by atoms with Crippen LogP contribution < -0.4 is 0 Å². The SMILES string of the molecule is C=CCN(CC)CC.C=CCN(CC)CC.C=CCN(CC)CC.CCC1=[C]([Hf])CC=C1. The van der Waals surface area contributed by atoms with Gasteiger partial charge in [-0.05, 0) is 39.3 Å². The van der Waals surface area contributed by atoms with Crippen molar-refractivity contribution in [2.45, 2.75) is 61.3 Å². The average molecular weight is 611 g/mol. The van der Waals surface area contributed by atoms with Crippen LogP contribution in [0.2, 0.25) is 0 Å². The summed E-state index contributed by atoms with van der Waals surface area (Å²) >= 11 is 1.26. The van der Waals surface area contributed by atoms with Gasteiger partial charge in [0.1, 0.15) is 0 Å². The van der Waals surface area contributed by atoms with E-state index in [9.17, 15) is 0 Å². The molecule has 0 fully saturated rings. The Morgan fingerprint density at radius 2 is 1.00 bits per heavy atom. The normalized spacial score (nSPS) is 11.9. The van der Waals surface area contributed by atoms with Gasteiger partial charge in [-0.3, -0.25) is 0 Å². The third-order valence-corrected chi connectivity index (χ3v) is 7.14. The first-order chi connectivity index (χ1) is 15.4. The van der Waals surface area contributed by atoms with Crippen molar-refractivity contribution in [3.63, 3.8) is 0 Å². The van der Waals surface area contributed by atoms with Gasteiger partial charge in [0.15, 0.2) is 0 Å². The molecule has 0 aliphatic heterocycles. The van der Waals surface area contributed by atoms with Crippen LogP contribution >= 0.6 is 0 Å². The predicted molar refractivity (Wildman–Crippen MR) is 145 cm³/mol. The van der Waals surface area contributed by atoms with E-state index in [-0.39, 0.29) is 0 Å². The second kappa shape index (κ2) is 28.5. The molecule has 0 aromatic carbocycles. The summed E-state index contributed by atoms with van der Waals surface area (Å²) in [5, 5.41) is 0. The molecule has 0 atom stereocenters. The van der Waals surface area contributed by atoms with Gasteiger partial charge in [-0.25, -0.2) is 0 Å². The van der Waals surface area contributed by atoms with E-state index in [1.165, 1.54) is 37.2 Å². The predicted octanol–water partition coefficient (Wildman–Crippen LogP) is 6.70. The van der Waals surface area contributed by atoms with Crippen LogP contribution in [0.25, 0.3) is 0 Å². The van der Waals surface area contributed by atoms with Crippen LogP contribution in [0.1, 0.15) is 61.3 Å². The fourth-order valence-electron chi connectivity index (χ4n) is 2.88. The van der Waals surface area contributed by atoms with E-state index in [2.05, 4.69) is 95.1 Å². The van der Waals surface area contributed by atoms with Crippen LogP contribution in [0.3, 0.4) is 0 Å². The minimum absolute atomic E-state index is 1.02. The third-order valence-electron chi connectivity index (χ3n) is 5.25. The van der Waals surface area contributed by atoms with Gasteiger partial charge in [0.05, 0.1) is 0 Å². The molecule has 0 heterocycles. The number of hydrogen-bond donors (Lipinski definition) is 0. The van der Waals surface area contributed by atoms with Crippen molar-refractivity contribution in [2.24, 2.45) is 0 Å². The fraction of sp³-hybridized carbons (Fsp3) is 0.643. The molecule has 1 aliphatic carbocycles. The second-order valence-corrected chi connectivity index (χ2v) is 9.46. The Kier molecular flexibility index (Phi) is 32.1. The molecular formula is C28H54HfN3. The van der Waals surface area contributed by atoms with E-state index < -0.39 is 0 Å². The van der Waals surface area contributed by atoms with Gasteiger partial charge in [-0.15, -0.1) is 19.7 Å². The molecule has 185 valence electrons. The van der Waals surface area contributed by atoms with E-state index in [1.54, 1.807) is 8.90 Å². The van der Waals surface area contributed by atoms with Gasteiger partial charge in [-0.2, -0.15) is 0 Å². The maximum atomic E-state index is 3.65. The summed E-state index contributed by atoms with van der Waals surface area (Å²) in [6.45, 7) is 36.0. The molecule has 32 heavy (non-hydrogen) atoms. The van der Waals surface area contributed by atoms with Crippen LogP contribution in [0.4, 0.5) is 0 Å². The van der Waals surface area contributed by atoms with Gasteiger partial charge < -0.3 is 14.7 Å². The first-order valence-corrected chi connectivity index (χ1v) is 14.3. The van der Waals surface area contributed by atoms with Crippen molar-refractivity contribution in [2.75, 3.05) is 58.9 Å². The molecule has 0 N–H and O–H groups in total. The fourth-order valence-corrected chi connectivity index (χ4v) is 4.23. The van der Waals surface area contributed by atoms with Crippen molar-refractivity contribution >= 4 is 0 Å². The van der Waals surface area contributed by atoms with Crippen molar-refractivity contribution in [1.82, 2.24) is 14.7 Å². The molecule has 0 spiro atoms. The summed E-state index contributed by atoms with van der Waals surface area (Å²) < 4.78 is 1.69. The molecule has 4 heteroatoms. The Hall–Kier alpha value is -0.550. The first kappa shape index (κ1) is 36.0. The number of nitrogens with zero attached hydrogens (tertiary/aromatic N) is 3. The molecule has 0 aromatic rings. The third kappa shape index (κ3) is 22.6. The molecule has 0 unspecified atom stereocenters. The van der Waals surface area contributed by atoms with Crippen LogP contribution in [-0.4, -0.2) is 73.6 Å². The molecule has 0 saturated carbocycles. The molecule has 0 bridgehead atoms. The summed E-state index contributed by atoms with van der Waals surface area (Å²) in [6.07, 6.45) is 12.8. The zero-order valence-corrected chi connectivity index (χ0v) is 26.2. The van der Waals surface area contributed by atoms with E-state index >= 15 is 0 Å². The van der Waals surface area contributed by atoms with Gasteiger partial charge >= 0.3 is 65.2 Å². The van der Waals surface area contributed by atoms with Gasteiger partial charge in [0, 0.05) is 19.6 Å². The van der Waals surface area contributed by atoms with E-state index in [0.717, 1.165) is 58.9 Å². The Balaban J connectivity index is -0.000000350. The number of allylic oxidation sites excluding steroid dienone is 4. The van der Waals surface area contributed by atoms with Gasteiger partial charge in [0.2, 0.25) is 0 Å². The summed E-state index contributed by atoms with van der Waals surface area (Å²) in [5.41, 5.74) is 1.59. The topological polar surface area (TPSA) is 9.72 Å². The number of likely N-dealkylation sites (N-methyl/N-ethyl adjacent to an activating group) is 3. The van der Waals surface area contributed by atoms with Crippen LogP contribution in [0.15, 0.2) is 59.0 Å². The molecule has 0 radical (unpaired) electrons. The van der Waals surface area contributed by atoms with Crippen LogP contribution in [-0.2, 0) is 24.4 Å². The number of hydrogen-bond acceptors (Lipinski definition) is 3. The molecule has 0 amide bonds. The summed E-state index contributed by atoms with van der Waals surface area (Å²) in [7, 11) is 0. The Morgan fingerprint density at radius 3 is 1.09 bits per heavy atom. The summed E-state index contributed by atoms with van der Waals surface area (Å²) in [5.74, 6) is 0. The second-order valence-electron chi connectivity index (χ2n) is 7.29. The summed E-state index contributed by atoms with van der Waals surface area (Å²) in [6, 6.07) is 0.